The maximum Gasteiger partial charge on any atom is 0.0775 e. The molecule has 0 aliphatic heterocycles. The molecule has 27 heavy (non-hydrogen) atoms. The van der Waals surface area contributed by atoms with Crippen LogP contribution in [0.25, 0.3) is 0 Å². The molecule has 0 aromatic heterocycles. The number of rotatable bonds is 7. The zero-order chi connectivity index (χ0) is 19.7. The fourth-order valence-electron chi connectivity index (χ4n) is 5.23. The minimum absolute atomic E-state index is 0.0899. The van der Waals surface area contributed by atoms with Gasteiger partial charge >= 0.3 is 0 Å². The number of hydrogen-bond donors (Lipinski definition) is 0. The van der Waals surface area contributed by atoms with Crippen LogP contribution < -0.4 is 0 Å². The number of hydrogen-bond acceptors (Lipinski definition) is 0. The van der Waals surface area contributed by atoms with E-state index < -0.39 is 16.1 Å². The van der Waals surface area contributed by atoms with Crippen molar-refractivity contribution >= 4 is 24.1 Å². The third kappa shape index (κ3) is 5.46. The monoisotopic (exact) mass is 416 g/mol. The highest BCUT2D eigenvalue weighted by Crippen LogP contribution is 2.54. The van der Waals surface area contributed by atoms with Crippen molar-refractivity contribution in [2.45, 2.75) is 89.0 Å². The Morgan fingerprint density at radius 1 is 0.963 bits per heavy atom. The summed E-state index contributed by atoms with van der Waals surface area (Å²) in [6.07, 6.45) is 23.9. The van der Waals surface area contributed by atoms with Gasteiger partial charge in [-0.15, -0.1) is 0 Å². The molecule has 1 fully saturated rings. The first-order valence-corrected chi connectivity index (χ1v) is 20.0. The Balaban J connectivity index is 1.80. The van der Waals surface area contributed by atoms with E-state index in [1.807, 2.05) is 5.57 Å². The molecule has 0 spiro atoms. The summed E-state index contributed by atoms with van der Waals surface area (Å²) in [7, 11) is -2.27. The molecular formula is C24H41PSi2. The standard InChI is InChI=1S/C24H41PSi2/c1-26(2,3)23-16-10-12-20(23)18-25(22-14-8-7-9-15-22)19-21-13-11-17-24(21)27(4,5)6/h10-12,16-17,22-23H,7-9,13-15,18-19H2,1-6H3. The van der Waals surface area contributed by atoms with Crippen molar-refractivity contribution in [1.82, 2.24) is 0 Å². The molecule has 1 saturated carbocycles. The summed E-state index contributed by atoms with van der Waals surface area (Å²) in [5, 5.41) is 1.78. The lowest BCUT2D eigenvalue weighted by Crippen LogP contribution is -2.29. The third-order valence-electron chi connectivity index (χ3n) is 6.65. The van der Waals surface area contributed by atoms with E-state index in [9.17, 15) is 0 Å². The van der Waals surface area contributed by atoms with E-state index in [0.29, 0.717) is 0 Å². The first kappa shape index (κ1) is 21.5. The first-order valence-electron chi connectivity index (χ1n) is 11.2. The molecule has 0 amide bonds. The smallest absolute Gasteiger partial charge is 0.0775 e. The SMILES string of the molecule is C[Si](C)(C)C1=C(CP(CC2=CC=CC2[Si](C)(C)C)C2CCCCC2)CC=C1. The molecule has 150 valence electrons. The van der Waals surface area contributed by atoms with Crippen LogP contribution in [0.15, 0.2) is 46.7 Å². The summed E-state index contributed by atoms with van der Waals surface area (Å²) in [6, 6.07) is 0. The normalized spacial score (nSPS) is 25.4. The summed E-state index contributed by atoms with van der Waals surface area (Å²) in [6.45, 7) is 15.3. The fourth-order valence-corrected chi connectivity index (χ4v) is 12.7. The van der Waals surface area contributed by atoms with Crippen molar-refractivity contribution < 1.29 is 0 Å². The predicted molar refractivity (Wildman–Crippen MR) is 132 cm³/mol. The van der Waals surface area contributed by atoms with Crippen molar-refractivity contribution in [3.63, 3.8) is 0 Å². The van der Waals surface area contributed by atoms with Gasteiger partial charge in [0.1, 0.15) is 0 Å². The lowest BCUT2D eigenvalue weighted by atomic mass is 10.0. The lowest BCUT2D eigenvalue weighted by Gasteiger charge is -2.35. The van der Waals surface area contributed by atoms with Gasteiger partial charge in [0.05, 0.1) is 16.1 Å². The Bertz CT molecular complexity index is 649. The van der Waals surface area contributed by atoms with Crippen LogP contribution in [0, 0.1) is 0 Å². The predicted octanol–water partition coefficient (Wildman–Crippen LogP) is 8.14. The summed E-state index contributed by atoms with van der Waals surface area (Å²) >= 11 is 0. The van der Waals surface area contributed by atoms with Crippen LogP contribution in [0.5, 0.6) is 0 Å². The molecule has 0 aromatic rings. The second-order valence-corrected chi connectivity index (χ2v) is 24.0. The minimum atomic E-state index is -1.21. The van der Waals surface area contributed by atoms with E-state index in [4.69, 9.17) is 0 Å². The van der Waals surface area contributed by atoms with Crippen molar-refractivity contribution in [3.05, 3.63) is 46.7 Å². The van der Waals surface area contributed by atoms with Gasteiger partial charge in [0, 0.05) is 0 Å². The minimum Gasteiger partial charge on any atom is -0.0952 e. The van der Waals surface area contributed by atoms with E-state index in [0.717, 1.165) is 11.2 Å². The van der Waals surface area contributed by atoms with Crippen LogP contribution in [0.4, 0.5) is 0 Å². The maximum absolute atomic E-state index is 2.55. The van der Waals surface area contributed by atoms with Crippen LogP contribution in [0.2, 0.25) is 44.8 Å². The van der Waals surface area contributed by atoms with Crippen molar-refractivity contribution in [3.8, 4) is 0 Å². The molecule has 0 saturated heterocycles. The average Bonchev–Trinajstić information content (AvgIpc) is 3.23. The number of allylic oxidation sites excluding steroid dienone is 8. The quantitative estimate of drug-likeness (QED) is 0.290. The van der Waals surface area contributed by atoms with E-state index in [2.05, 4.69) is 69.7 Å². The van der Waals surface area contributed by atoms with Gasteiger partial charge in [-0.25, -0.2) is 0 Å². The van der Waals surface area contributed by atoms with Crippen LogP contribution >= 0.6 is 7.92 Å². The third-order valence-corrected chi connectivity index (χ3v) is 14.3. The van der Waals surface area contributed by atoms with Gasteiger partial charge in [0.25, 0.3) is 0 Å². The summed E-state index contributed by atoms with van der Waals surface area (Å²) in [5.74, 6) is 0. The van der Waals surface area contributed by atoms with Gasteiger partial charge in [-0.05, 0) is 42.8 Å². The second kappa shape index (κ2) is 8.68. The molecule has 0 radical (unpaired) electrons. The van der Waals surface area contributed by atoms with Crippen LogP contribution in [-0.2, 0) is 0 Å². The van der Waals surface area contributed by atoms with Gasteiger partial charge in [-0.2, -0.15) is 0 Å². The summed E-state index contributed by atoms with van der Waals surface area (Å²) in [4.78, 5) is 0. The summed E-state index contributed by atoms with van der Waals surface area (Å²) < 4.78 is 0. The highest BCUT2D eigenvalue weighted by atomic mass is 31.1. The molecular weight excluding hydrogens is 375 g/mol. The lowest BCUT2D eigenvalue weighted by molar-refractivity contribution is 0.510. The molecule has 0 heterocycles. The molecule has 3 heteroatoms. The van der Waals surface area contributed by atoms with Gasteiger partial charge in [0.15, 0.2) is 0 Å². The Hall–Kier alpha value is -0.176. The van der Waals surface area contributed by atoms with E-state index >= 15 is 0 Å². The first-order chi connectivity index (χ1) is 12.7. The topological polar surface area (TPSA) is 0 Å². The molecule has 3 aliphatic rings. The molecule has 2 unspecified atom stereocenters. The average molecular weight is 417 g/mol. The zero-order valence-corrected chi connectivity index (χ0v) is 21.5. The molecule has 0 N–H and O–H groups in total. The zero-order valence-electron chi connectivity index (χ0n) is 18.6. The van der Waals surface area contributed by atoms with Crippen molar-refractivity contribution in [2.75, 3.05) is 12.3 Å². The molecule has 0 bridgehead atoms. The molecule has 0 nitrogen and oxygen atoms in total. The molecule has 3 rings (SSSR count). The van der Waals surface area contributed by atoms with Gasteiger partial charge in [-0.1, -0.05) is 113 Å². The van der Waals surface area contributed by atoms with E-state index in [1.165, 1.54) is 50.8 Å². The Labute approximate surface area is 172 Å². The maximum atomic E-state index is 2.55. The van der Waals surface area contributed by atoms with Gasteiger partial charge in [-0.3, -0.25) is 0 Å². The Morgan fingerprint density at radius 3 is 2.30 bits per heavy atom. The summed E-state index contributed by atoms with van der Waals surface area (Å²) in [5.41, 5.74) is 5.45. The highest BCUT2D eigenvalue weighted by Gasteiger charge is 2.34. The Morgan fingerprint density at radius 2 is 1.67 bits per heavy atom. The second-order valence-electron chi connectivity index (χ2n) is 11.0. The van der Waals surface area contributed by atoms with Crippen molar-refractivity contribution in [1.29, 1.82) is 0 Å². The molecule has 3 aliphatic carbocycles. The van der Waals surface area contributed by atoms with Crippen molar-refractivity contribution in [2.24, 2.45) is 0 Å². The van der Waals surface area contributed by atoms with E-state index in [1.54, 1.807) is 10.8 Å². The van der Waals surface area contributed by atoms with Crippen LogP contribution in [0.1, 0.15) is 38.5 Å². The highest BCUT2D eigenvalue weighted by molar-refractivity contribution is 7.59. The molecule has 0 aromatic carbocycles. The van der Waals surface area contributed by atoms with Crippen LogP contribution in [-0.4, -0.2) is 34.1 Å². The van der Waals surface area contributed by atoms with Crippen LogP contribution in [0.3, 0.4) is 0 Å². The van der Waals surface area contributed by atoms with E-state index in [-0.39, 0.29) is 7.92 Å². The van der Waals surface area contributed by atoms with Gasteiger partial charge < -0.3 is 0 Å². The largest absolute Gasteiger partial charge is 0.0952 e. The fraction of sp³-hybridized carbons (Fsp3) is 0.667. The van der Waals surface area contributed by atoms with Gasteiger partial charge in [0.2, 0.25) is 0 Å². The molecule has 2 atom stereocenters. The Kier molecular flexibility index (Phi) is 6.92.